The summed E-state index contributed by atoms with van der Waals surface area (Å²) in [4.78, 5) is 12.7. The molecule has 1 saturated heterocycles. The van der Waals surface area contributed by atoms with Crippen molar-refractivity contribution >= 4 is 21.6 Å². The normalized spacial score (nSPS) is 20.7. The first-order valence-electron chi connectivity index (χ1n) is 5.47. The highest BCUT2D eigenvalue weighted by molar-refractivity contribution is 9.10. The smallest absolute Gasteiger partial charge is 0.283 e. The molecule has 1 aromatic carbocycles. The van der Waals surface area contributed by atoms with Gasteiger partial charge in [-0.15, -0.1) is 0 Å². The van der Waals surface area contributed by atoms with E-state index < -0.39 is 0 Å². The second-order valence-corrected chi connectivity index (χ2v) is 5.18. The molecule has 1 aromatic rings. The van der Waals surface area contributed by atoms with Crippen molar-refractivity contribution in [1.82, 2.24) is 4.90 Å². The molecule has 0 saturated carbocycles. The summed E-state index contributed by atoms with van der Waals surface area (Å²) >= 11 is 3.18. The molecule has 1 aliphatic rings. The Morgan fingerprint density at radius 3 is 2.94 bits per heavy atom. The zero-order valence-electron chi connectivity index (χ0n) is 9.30. The van der Waals surface area contributed by atoms with Crippen LogP contribution in [0, 0.1) is 10.1 Å². The number of likely N-dealkylation sites (tertiary alicyclic amines) is 1. The molecule has 0 radical (unpaired) electrons. The van der Waals surface area contributed by atoms with Crippen molar-refractivity contribution in [2.24, 2.45) is 5.73 Å². The summed E-state index contributed by atoms with van der Waals surface area (Å²) < 4.78 is 0.518. The van der Waals surface area contributed by atoms with Crippen molar-refractivity contribution < 1.29 is 4.92 Å². The van der Waals surface area contributed by atoms with Crippen molar-refractivity contribution in [2.75, 3.05) is 13.1 Å². The molecule has 0 bridgehead atoms. The van der Waals surface area contributed by atoms with Crippen molar-refractivity contribution in [1.29, 1.82) is 0 Å². The lowest BCUT2D eigenvalue weighted by Crippen LogP contribution is -2.26. The molecule has 5 nitrogen and oxygen atoms in total. The number of rotatable bonds is 3. The van der Waals surface area contributed by atoms with E-state index >= 15 is 0 Å². The molecule has 1 aliphatic heterocycles. The van der Waals surface area contributed by atoms with Crippen LogP contribution in [0.4, 0.5) is 5.69 Å². The molecule has 1 atom stereocenters. The Balaban J connectivity index is 2.11. The summed E-state index contributed by atoms with van der Waals surface area (Å²) in [6.07, 6.45) is 0.999. The molecule has 0 spiro atoms. The third-order valence-corrected chi connectivity index (χ3v) is 3.59. The number of nitrogens with zero attached hydrogens (tertiary/aromatic N) is 2. The molecule has 0 aliphatic carbocycles. The Hall–Kier alpha value is -0.980. The minimum atomic E-state index is -0.372. The molecule has 1 heterocycles. The molecule has 0 aromatic heterocycles. The molecular weight excluding hydrogens is 286 g/mol. The van der Waals surface area contributed by atoms with E-state index in [-0.39, 0.29) is 16.7 Å². The predicted octanol–water partition coefficient (Wildman–Crippen LogP) is 1.89. The number of nitro groups is 1. The van der Waals surface area contributed by atoms with Gasteiger partial charge in [0.2, 0.25) is 0 Å². The van der Waals surface area contributed by atoms with E-state index in [0.717, 1.165) is 31.6 Å². The van der Waals surface area contributed by atoms with Crippen LogP contribution in [0.3, 0.4) is 0 Å². The van der Waals surface area contributed by atoms with Crippen LogP contribution in [0.5, 0.6) is 0 Å². The van der Waals surface area contributed by atoms with Crippen LogP contribution in [-0.2, 0) is 6.54 Å². The average Bonchev–Trinajstić information content (AvgIpc) is 2.66. The average molecular weight is 300 g/mol. The first-order valence-corrected chi connectivity index (χ1v) is 6.26. The molecular formula is C11H14BrN3O2. The zero-order chi connectivity index (χ0) is 12.4. The van der Waals surface area contributed by atoms with Gasteiger partial charge < -0.3 is 5.73 Å². The van der Waals surface area contributed by atoms with Crippen LogP contribution < -0.4 is 5.73 Å². The molecule has 0 amide bonds. The van der Waals surface area contributed by atoms with Crippen LogP contribution in [0.25, 0.3) is 0 Å². The van der Waals surface area contributed by atoms with Crippen molar-refractivity contribution in [3.63, 3.8) is 0 Å². The second-order valence-electron chi connectivity index (χ2n) is 4.33. The van der Waals surface area contributed by atoms with Crippen molar-refractivity contribution in [3.8, 4) is 0 Å². The second kappa shape index (κ2) is 5.12. The van der Waals surface area contributed by atoms with Gasteiger partial charge in [0.15, 0.2) is 0 Å². The monoisotopic (exact) mass is 299 g/mol. The van der Waals surface area contributed by atoms with Gasteiger partial charge in [-0.25, -0.2) is 0 Å². The fourth-order valence-electron chi connectivity index (χ4n) is 2.06. The Bertz CT molecular complexity index is 439. The third kappa shape index (κ3) is 3.02. The molecule has 92 valence electrons. The highest BCUT2D eigenvalue weighted by Crippen LogP contribution is 2.26. The van der Waals surface area contributed by atoms with Gasteiger partial charge >= 0.3 is 0 Å². The topological polar surface area (TPSA) is 72.4 Å². The number of benzene rings is 1. The van der Waals surface area contributed by atoms with Gasteiger partial charge in [0.1, 0.15) is 0 Å². The van der Waals surface area contributed by atoms with Crippen LogP contribution >= 0.6 is 15.9 Å². The van der Waals surface area contributed by atoms with Gasteiger partial charge in [-0.1, -0.05) is 6.07 Å². The lowest BCUT2D eigenvalue weighted by molar-refractivity contribution is -0.385. The van der Waals surface area contributed by atoms with E-state index in [1.165, 1.54) is 0 Å². The van der Waals surface area contributed by atoms with Crippen molar-refractivity contribution in [2.45, 2.75) is 19.0 Å². The summed E-state index contributed by atoms with van der Waals surface area (Å²) in [5.74, 6) is 0. The Kier molecular flexibility index (Phi) is 3.76. The Morgan fingerprint density at radius 1 is 1.59 bits per heavy atom. The van der Waals surface area contributed by atoms with Gasteiger partial charge in [-0.2, -0.15) is 0 Å². The summed E-state index contributed by atoms with van der Waals surface area (Å²) in [6.45, 7) is 2.55. The lowest BCUT2D eigenvalue weighted by atomic mass is 10.2. The number of nitrogens with two attached hydrogens (primary N) is 1. The van der Waals surface area contributed by atoms with E-state index in [1.54, 1.807) is 12.1 Å². The van der Waals surface area contributed by atoms with Gasteiger partial charge in [-0.3, -0.25) is 15.0 Å². The Labute approximate surface area is 108 Å². The predicted molar refractivity (Wildman–Crippen MR) is 68.7 cm³/mol. The Morgan fingerprint density at radius 2 is 2.35 bits per heavy atom. The fraction of sp³-hybridized carbons (Fsp3) is 0.455. The first kappa shape index (κ1) is 12.5. The molecule has 2 N–H and O–H groups in total. The summed E-state index contributed by atoms with van der Waals surface area (Å²) in [6, 6.07) is 5.48. The molecule has 17 heavy (non-hydrogen) atoms. The van der Waals surface area contributed by atoms with E-state index in [0.29, 0.717) is 4.47 Å². The molecule has 1 fully saturated rings. The molecule has 6 heteroatoms. The maximum Gasteiger partial charge on any atom is 0.283 e. The van der Waals surface area contributed by atoms with Crippen LogP contribution in [0.15, 0.2) is 22.7 Å². The third-order valence-electron chi connectivity index (χ3n) is 2.92. The maximum absolute atomic E-state index is 10.8. The number of hydrogen-bond acceptors (Lipinski definition) is 4. The van der Waals surface area contributed by atoms with Gasteiger partial charge in [0.05, 0.1) is 9.40 Å². The van der Waals surface area contributed by atoms with Gasteiger partial charge in [0.25, 0.3) is 5.69 Å². The molecule has 2 rings (SSSR count). The fourth-order valence-corrected chi connectivity index (χ4v) is 2.45. The van der Waals surface area contributed by atoms with E-state index in [4.69, 9.17) is 5.73 Å². The standard InChI is InChI=1S/C11H14BrN3O2/c12-10-2-1-8(5-11(10)15(16)17)6-14-4-3-9(13)7-14/h1-2,5,9H,3-4,6-7,13H2. The summed E-state index contributed by atoms with van der Waals surface area (Å²) in [7, 11) is 0. The minimum Gasteiger partial charge on any atom is -0.326 e. The summed E-state index contributed by atoms with van der Waals surface area (Å²) in [5, 5.41) is 10.8. The minimum absolute atomic E-state index is 0.117. The largest absolute Gasteiger partial charge is 0.326 e. The van der Waals surface area contributed by atoms with Crippen LogP contribution in [0.1, 0.15) is 12.0 Å². The number of halogens is 1. The lowest BCUT2D eigenvalue weighted by Gasteiger charge is -2.14. The van der Waals surface area contributed by atoms with E-state index in [1.807, 2.05) is 6.07 Å². The molecule has 1 unspecified atom stereocenters. The maximum atomic E-state index is 10.8. The van der Waals surface area contributed by atoms with E-state index in [2.05, 4.69) is 20.8 Å². The van der Waals surface area contributed by atoms with Crippen LogP contribution in [0.2, 0.25) is 0 Å². The van der Waals surface area contributed by atoms with E-state index in [9.17, 15) is 10.1 Å². The zero-order valence-corrected chi connectivity index (χ0v) is 10.9. The SMILES string of the molecule is NC1CCN(Cc2ccc(Br)c([N+](=O)[O-])c2)C1. The van der Waals surface area contributed by atoms with Crippen molar-refractivity contribution in [3.05, 3.63) is 38.3 Å². The van der Waals surface area contributed by atoms with Gasteiger partial charge in [-0.05, 0) is 34.0 Å². The quantitative estimate of drug-likeness (QED) is 0.683. The van der Waals surface area contributed by atoms with Gasteiger partial charge in [0, 0.05) is 31.7 Å². The number of nitro benzene ring substituents is 1. The number of hydrogen-bond donors (Lipinski definition) is 1. The van der Waals surface area contributed by atoms with Crippen LogP contribution in [-0.4, -0.2) is 29.0 Å². The highest BCUT2D eigenvalue weighted by Gasteiger charge is 2.20. The first-order chi connectivity index (χ1) is 8.06. The summed E-state index contributed by atoms with van der Waals surface area (Å²) in [5.41, 5.74) is 6.89. The highest BCUT2D eigenvalue weighted by atomic mass is 79.9.